The van der Waals surface area contributed by atoms with Crippen LogP contribution in [0.3, 0.4) is 0 Å². The molecule has 114 valence electrons. The summed E-state index contributed by atoms with van der Waals surface area (Å²) in [5.74, 6) is -0.473. The molecule has 0 bridgehead atoms. The van der Waals surface area contributed by atoms with Crippen LogP contribution in [0.1, 0.15) is 5.56 Å². The lowest BCUT2D eigenvalue weighted by Crippen LogP contribution is -2.23. The molecular formula is C15H14FN3O2S. The Balaban J connectivity index is 1.79. The van der Waals surface area contributed by atoms with Crippen LogP contribution in [0, 0.1) is 5.82 Å². The molecule has 7 heteroatoms. The summed E-state index contributed by atoms with van der Waals surface area (Å²) in [7, 11) is -1.77. The fraction of sp³-hybridized carbons (Fsp3) is 0.133. The number of imidazole rings is 1. The second-order valence-corrected chi connectivity index (χ2v) is 6.72. The van der Waals surface area contributed by atoms with E-state index in [1.807, 2.05) is 29.8 Å². The second kappa shape index (κ2) is 5.51. The van der Waals surface area contributed by atoms with Crippen LogP contribution in [-0.2, 0) is 23.6 Å². The molecule has 0 saturated carbocycles. The van der Waals surface area contributed by atoms with Gasteiger partial charge in [-0.1, -0.05) is 6.07 Å². The molecule has 5 nitrogen and oxygen atoms in total. The molecule has 0 unspecified atom stereocenters. The van der Waals surface area contributed by atoms with E-state index >= 15 is 0 Å². The minimum Gasteiger partial charge on any atom is -0.334 e. The fourth-order valence-corrected chi connectivity index (χ4v) is 3.18. The molecule has 22 heavy (non-hydrogen) atoms. The van der Waals surface area contributed by atoms with Gasteiger partial charge in [0.25, 0.3) is 0 Å². The van der Waals surface area contributed by atoms with Crippen LogP contribution >= 0.6 is 0 Å². The summed E-state index contributed by atoms with van der Waals surface area (Å²) >= 11 is 0. The van der Waals surface area contributed by atoms with Crippen LogP contribution in [0.2, 0.25) is 0 Å². The molecule has 2 aromatic carbocycles. The molecule has 0 aliphatic heterocycles. The van der Waals surface area contributed by atoms with E-state index < -0.39 is 15.8 Å². The van der Waals surface area contributed by atoms with Gasteiger partial charge in [-0.3, -0.25) is 0 Å². The van der Waals surface area contributed by atoms with Crippen LogP contribution in [-0.4, -0.2) is 18.0 Å². The van der Waals surface area contributed by atoms with Crippen LogP contribution < -0.4 is 4.72 Å². The summed E-state index contributed by atoms with van der Waals surface area (Å²) in [6.07, 6.45) is 1.71. The van der Waals surface area contributed by atoms with Gasteiger partial charge in [0, 0.05) is 13.6 Å². The van der Waals surface area contributed by atoms with E-state index in [1.165, 1.54) is 12.1 Å². The van der Waals surface area contributed by atoms with E-state index in [-0.39, 0.29) is 11.4 Å². The Morgan fingerprint density at radius 1 is 1.18 bits per heavy atom. The molecule has 0 spiro atoms. The van der Waals surface area contributed by atoms with Gasteiger partial charge in [-0.25, -0.2) is 22.5 Å². The molecule has 1 heterocycles. The number of benzene rings is 2. The molecule has 0 aliphatic rings. The summed E-state index contributed by atoms with van der Waals surface area (Å²) in [6, 6.07) is 10.3. The number of rotatable bonds is 4. The van der Waals surface area contributed by atoms with E-state index in [9.17, 15) is 12.8 Å². The molecule has 0 radical (unpaired) electrons. The van der Waals surface area contributed by atoms with E-state index in [0.29, 0.717) is 0 Å². The molecular weight excluding hydrogens is 305 g/mol. The first-order chi connectivity index (χ1) is 10.5. The number of fused-ring (bicyclic) bond motifs is 1. The molecule has 0 fully saturated rings. The smallest absolute Gasteiger partial charge is 0.240 e. The lowest BCUT2D eigenvalue weighted by atomic mass is 10.2. The Bertz CT molecular complexity index is 918. The predicted molar refractivity (Wildman–Crippen MR) is 81.1 cm³/mol. The normalized spacial score (nSPS) is 11.9. The zero-order valence-corrected chi connectivity index (χ0v) is 12.6. The lowest BCUT2D eigenvalue weighted by Gasteiger charge is -2.07. The van der Waals surface area contributed by atoms with Crippen LogP contribution in [0.5, 0.6) is 0 Å². The summed E-state index contributed by atoms with van der Waals surface area (Å²) in [4.78, 5) is 4.27. The Kier molecular flexibility index (Phi) is 3.67. The van der Waals surface area contributed by atoms with Crippen molar-refractivity contribution >= 4 is 21.1 Å². The van der Waals surface area contributed by atoms with Gasteiger partial charge in [0.2, 0.25) is 10.0 Å². The van der Waals surface area contributed by atoms with Crippen molar-refractivity contribution in [2.45, 2.75) is 11.4 Å². The molecule has 0 amide bonds. The predicted octanol–water partition coefficient (Wildman–Crippen LogP) is 2.19. The molecule has 3 aromatic rings. The zero-order chi connectivity index (χ0) is 15.7. The van der Waals surface area contributed by atoms with E-state index in [4.69, 9.17) is 0 Å². The van der Waals surface area contributed by atoms with Crippen molar-refractivity contribution in [3.05, 3.63) is 60.2 Å². The third-order valence-corrected chi connectivity index (χ3v) is 4.80. The van der Waals surface area contributed by atoms with Crippen LogP contribution in [0.4, 0.5) is 4.39 Å². The molecule has 0 atom stereocenters. The quantitative estimate of drug-likeness (QED) is 0.802. The van der Waals surface area contributed by atoms with Crippen LogP contribution in [0.15, 0.2) is 53.7 Å². The van der Waals surface area contributed by atoms with Gasteiger partial charge in [-0.15, -0.1) is 0 Å². The summed E-state index contributed by atoms with van der Waals surface area (Å²) in [5.41, 5.74) is 2.59. The fourth-order valence-electron chi connectivity index (χ4n) is 2.17. The van der Waals surface area contributed by atoms with Crippen molar-refractivity contribution in [1.29, 1.82) is 0 Å². The first-order valence-electron chi connectivity index (χ1n) is 6.61. The third kappa shape index (κ3) is 2.86. The first kappa shape index (κ1) is 14.7. The van der Waals surface area contributed by atoms with Crippen molar-refractivity contribution in [1.82, 2.24) is 14.3 Å². The van der Waals surface area contributed by atoms with Gasteiger partial charge in [0.1, 0.15) is 5.82 Å². The van der Waals surface area contributed by atoms with Crippen LogP contribution in [0.25, 0.3) is 11.0 Å². The molecule has 1 N–H and O–H groups in total. The largest absolute Gasteiger partial charge is 0.334 e. The van der Waals surface area contributed by atoms with Gasteiger partial charge in [-0.2, -0.15) is 0 Å². The molecule has 0 saturated heterocycles. The van der Waals surface area contributed by atoms with Crippen molar-refractivity contribution in [3.63, 3.8) is 0 Å². The van der Waals surface area contributed by atoms with Gasteiger partial charge < -0.3 is 4.57 Å². The van der Waals surface area contributed by atoms with Gasteiger partial charge in [0.15, 0.2) is 0 Å². The number of nitrogens with zero attached hydrogens (tertiary/aromatic N) is 2. The van der Waals surface area contributed by atoms with Gasteiger partial charge in [-0.05, 0) is 42.0 Å². The maximum atomic E-state index is 12.9. The molecule has 3 rings (SSSR count). The highest BCUT2D eigenvalue weighted by molar-refractivity contribution is 7.89. The third-order valence-electron chi connectivity index (χ3n) is 3.38. The topological polar surface area (TPSA) is 64.0 Å². The summed E-state index contributed by atoms with van der Waals surface area (Å²) < 4.78 is 41.5. The summed E-state index contributed by atoms with van der Waals surface area (Å²) in [6.45, 7) is 0.145. The van der Waals surface area contributed by atoms with E-state index in [0.717, 1.165) is 28.7 Å². The Hall–Kier alpha value is -2.25. The monoisotopic (exact) mass is 319 g/mol. The highest BCUT2D eigenvalue weighted by atomic mass is 32.2. The van der Waals surface area contributed by atoms with Gasteiger partial charge in [0.05, 0.1) is 22.3 Å². The number of halogens is 1. The van der Waals surface area contributed by atoms with E-state index in [2.05, 4.69) is 9.71 Å². The maximum absolute atomic E-state index is 12.9. The number of aryl methyl sites for hydroxylation is 1. The second-order valence-electron chi connectivity index (χ2n) is 4.96. The minimum atomic E-state index is -3.67. The average molecular weight is 319 g/mol. The standard InChI is InChI=1S/C15H14FN3O2S/c1-19-10-17-14-8-11(2-7-15(14)19)9-18-22(20,21)13-5-3-12(16)4-6-13/h2-8,10,18H,9H2,1H3. The Morgan fingerprint density at radius 3 is 2.64 bits per heavy atom. The molecule has 1 aromatic heterocycles. The first-order valence-corrected chi connectivity index (χ1v) is 8.09. The van der Waals surface area contributed by atoms with Crippen molar-refractivity contribution in [2.24, 2.45) is 7.05 Å². The van der Waals surface area contributed by atoms with Gasteiger partial charge >= 0.3 is 0 Å². The Labute approximate surface area is 127 Å². The SMILES string of the molecule is Cn1cnc2cc(CNS(=O)(=O)c3ccc(F)cc3)ccc21. The number of aromatic nitrogens is 2. The number of nitrogens with one attached hydrogen (secondary N) is 1. The highest BCUT2D eigenvalue weighted by Gasteiger charge is 2.13. The van der Waals surface area contributed by atoms with Crippen molar-refractivity contribution in [3.8, 4) is 0 Å². The maximum Gasteiger partial charge on any atom is 0.240 e. The van der Waals surface area contributed by atoms with E-state index in [1.54, 1.807) is 6.33 Å². The van der Waals surface area contributed by atoms with Crippen molar-refractivity contribution < 1.29 is 12.8 Å². The average Bonchev–Trinajstić information content (AvgIpc) is 2.87. The lowest BCUT2D eigenvalue weighted by molar-refractivity contribution is 0.580. The number of hydrogen-bond donors (Lipinski definition) is 1. The summed E-state index contributed by atoms with van der Waals surface area (Å²) in [5, 5.41) is 0. The minimum absolute atomic E-state index is 0.0350. The zero-order valence-electron chi connectivity index (χ0n) is 11.8. The van der Waals surface area contributed by atoms with Crippen molar-refractivity contribution in [2.75, 3.05) is 0 Å². The number of sulfonamides is 1. The number of hydrogen-bond acceptors (Lipinski definition) is 3. The molecule has 0 aliphatic carbocycles. The Morgan fingerprint density at radius 2 is 1.91 bits per heavy atom. The highest BCUT2D eigenvalue weighted by Crippen LogP contribution is 2.15.